The van der Waals surface area contributed by atoms with Crippen LogP contribution in [0.4, 0.5) is 0 Å². The Morgan fingerprint density at radius 3 is 2.90 bits per heavy atom. The largest absolute Gasteiger partial charge is 0.456 e. The summed E-state index contributed by atoms with van der Waals surface area (Å²) in [5, 5.41) is 3.02. The maximum Gasteiger partial charge on any atom is 0.290 e. The van der Waals surface area contributed by atoms with Gasteiger partial charge in [-0.2, -0.15) is 0 Å². The van der Waals surface area contributed by atoms with E-state index in [2.05, 4.69) is 5.32 Å². The predicted octanol–water partition coefficient (Wildman–Crippen LogP) is 2.03. The summed E-state index contributed by atoms with van der Waals surface area (Å²) < 4.78 is 5.67. The normalized spacial score (nSPS) is 25.4. The zero-order valence-corrected chi connectivity index (χ0v) is 12.6. The zero-order chi connectivity index (χ0) is 15.0. The quantitative estimate of drug-likeness (QED) is 0.906. The third-order valence-corrected chi connectivity index (χ3v) is 4.60. The van der Waals surface area contributed by atoms with E-state index >= 15 is 0 Å². The van der Waals surface area contributed by atoms with Crippen molar-refractivity contribution in [2.75, 3.05) is 6.54 Å². The van der Waals surface area contributed by atoms with Gasteiger partial charge in [-0.15, -0.1) is 0 Å². The summed E-state index contributed by atoms with van der Waals surface area (Å²) >= 11 is 0. The maximum atomic E-state index is 12.7. The van der Waals surface area contributed by atoms with Gasteiger partial charge in [0, 0.05) is 12.5 Å². The Bertz CT molecular complexity index is 564. The van der Waals surface area contributed by atoms with Crippen LogP contribution in [0.25, 0.3) is 0 Å². The molecule has 5 nitrogen and oxygen atoms in total. The maximum absolute atomic E-state index is 12.7. The fraction of sp³-hybridized carbons (Fsp3) is 0.625. The van der Waals surface area contributed by atoms with Gasteiger partial charge in [0.1, 0.15) is 12.3 Å². The molecule has 1 aliphatic carbocycles. The van der Waals surface area contributed by atoms with Gasteiger partial charge in [0.05, 0.1) is 6.04 Å². The summed E-state index contributed by atoms with van der Waals surface area (Å²) in [6.45, 7) is 4.10. The monoisotopic (exact) mass is 290 g/mol. The minimum absolute atomic E-state index is 0.0644. The lowest BCUT2D eigenvalue weighted by molar-refractivity contribution is -0.127. The lowest BCUT2D eigenvalue weighted by Crippen LogP contribution is -2.62. The van der Waals surface area contributed by atoms with Crippen LogP contribution < -0.4 is 5.32 Å². The van der Waals surface area contributed by atoms with Crippen molar-refractivity contribution < 1.29 is 14.0 Å². The van der Waals surface area contributed by atoms with Crippen LogP contribution in [-0.2, 0) is 11.2 Å². The molecule has 2 atom stereocenters. The number of hydrogen-bond donors (Lipinski definition) is 1. The van der Waals surface area contributed by atoms with E-state index in [1.165, 1.54) is 0 Å². The number of nitrogens with zero attached hydrogens (tertiary/aromatic N) is 1. The number of piperazine rings is 1. The van der Waals surface area contributed by atoms with E-state index in [0.717, 1.165) is 43.4 Å². The molecular formula is C16H22N2O3. The molecule has 1 saturated heterocycles. The molecule has 2 unspecified atom stereocenters. The Balaban J connectivity index is 1.85. The molecule has 1 N–H and O–H groups in total. The smallest absolute Gasteiger partial charge is 0.290 e. The lowest BCUT2D eigenvalue weighted by atomic mass is 9.87. The number of amides is 2. The second-order valence-electron chi connectivity index (χ2n) is 6.03. The van der Waals surface area contributed by atoms with Crippen LogP contribution in [0.15, 0.2) is 10.5 Å². The molecule has 0 radical (unpaired) electrons. The number of nitrogens with one attached hydrogen (secondary N) is 1. The number of fused-ring (bicyclic) bond motifs is 1. The Morgan fingerprint density at radius 1 is 1.43 bits per heavy atom. The molecule has 1 aromatic rings. The van der Waals surface area contributed by atoms with Crippen LogP contribution in [-0.4, -0.2) is 35.3 Å². The number of carbonyl (C=O) groups is 2. The summed E-state index contributed by atoms with van der Waals surface area (Å²) in [7, 11) is 0. The van der Waals surface area contributed by atoms with Crippen molar-refractivity contribution in [2.45, 2.75) is 58.0 Å². The fourth-order valence-corrected chi connectivity index (χ4v) is 3.52. The van der Waals surface area contributed by atoms with Gasteiger partial charge in [-0.1, -0.05) is 19.8 Å². The Labute approximate surface area is 124 Å². The summed E-state index contributed by atoms with van der Waals surface area (Å²) in [5.74, 6) is 0.999. The first kappa shape index (κ1) is 14.2. The average Bonchev–Trinajstić information content (AvgIpc) is 2.86. The van der Waals surface area contributed by atoms with E-state index in [1.807, 2.05) is 13.8 Å². The molecule has 1 aliphatic heterocycles. The summed E-state index contributed by atoms with van der Waals surface area (Å²) in [4.78, 5) is 26.3. The van der Waals surface area contributed by atoms with Gasteiger partial charge in [0.25, 0.3) is 5.91 Å². The van der Waals surface area contributed by atoms with Gasteiger partial charge in [-0.25, -0.2) is 0 Å². The molecule has 1 saturated carbocycles. The topological polar surface area (TPSA) is 62.6 Å². The van der Waals surface area contributed by atoms with Crippen molar-refractivity contribution in [1.29, 1.82) is 0 Å². The van der Waals surface area contributed by atoms with Gasteiger partial charge in [0.15, 0.2) is 5.76 Å². The first-order valence-corrected chi connectivity index (χ1v) is 7.79. The third kappa shape index (κ3) is 2.57. The van der Waals surface area contributed by atoms with E-state index in [-0.39, 0.29) is 30.4 Å². The number of hydrogen-bond acceptors (Lipinski definition) is 3. The molecule has 2 heterocycles. The number of furan rings is 1. The summed E-state index contributed by atoms with van der Waals surface area (Å²) in [6.07, 6.45) is 4.90. The first-order valence-electron chi connectivity index (χ1n) is 7.79. The fourth-order valence-electron chi connectivity index (χ4n) is 3.52. The Kier molecular flexibility index (Phi) is 3.74. The van der Waals surface area contributed by atoms with E-state index in [1.54, 1.807) is 11.0 Å². The average molecular weight is 290 g/mol. The highest BCUT2D eigenvalue weighted by atomic mass is 16.4. The molecule has 3 rings (SSSR count). The first-order chi connectivity index (χ1) is 10.1. The highest BCUT2D eigenvalue weighted by molar-refractivity contribution is 5.95. The Morgan fingerprint density at radius 2 is 2.19 bits per heavy atom. The van der Waals surface area contributed by atoms with E-state index in [9.17, 15) is 9.59 Å². The molecule has 2 aliphatic rings. The standard InChI is InChI=1S/C16H22N2O3/c1-3-13-10(2)8-14(21-13)16(20)18-9-15(19)17-11-6-4-5-7-12(11)18/h8,11-12H,3-7,9H2,1-2H3,(H,17,19). The zero-order valence-electron chi connectivity index (χ0n) is 12.6. The predicted molar refractivity (Wildman–Crippen MR) is 78.0 cm³/mol. The summed E-state index contributed by atoms with van der Waals surface area (Å²) in [6, 6.07) is 2.01. The molecule has 2 amide bonds. The molecule has 21 heavy (non-hydrogen) atoms. The van der Waals surface area contributed by atoms with Crippen LogP contribution in [0, 0.1) is 6.92 Å². The molecule has 5 heteroatoms. The minimum atomic E-state index is -0.149. The van der Waals surface area contributed by atoms with Crippen molar-refractivity contribution >= 4 is 11.8 Å². The van der Waals surface area contributed by atoms with Crippen LogP contribution in [0.2, 0.25) is 0 Å². The number of rotatable bonds is 2. The summed E-state index contributed by atoms with van der Waals surface area (Å²) in [5.41, 5.74) is 1.00. The van der Waals surface area contributed by atoms with Crippen LogP contribution >= 0.6 is 0 Å². The van der Waals surface area contributed by atoms with Crippen molar-refractivity contribution in [3.05, 3.63) is 23.2 Å². The highest BCUT2D eigenvalue weighted by Crippen LogP contribution is 2.28. The van der Waals surface area contributed by atoms with Crippen LogP contribution in [0.1, 0.15) is 54.5 Å². The van der Waals surface area contributed by atoms with Gasteiger partial charge in [0.2, 0.25) is 5.91 Å². The second-order valence-corrected chi connectivity index (χ2v) is 6.03. The molecule has 2 fully saturated rings. The van der Waals surface area contributed by atoms with Crippen LogP contribution in [0.5, 0.6) is 0 Å². The van der Waals surface area contributed by atoms with Crippen molar-refractivity contribution in [3.8, 4) is 0 Å². The number of carbonyl (C=O) groups excluding carboxylic acids is 2. The van der Waals surface area contributed by atoms with Crippen molar-refractivity contribution in [1.82, 2.24) is 10.2 Å². The van der Waals surface area contributed by atoms with E-state index in [0.29, 0.717) is 5.76 Å². The lowest BCUT2D eigenvalue weighted by Gasteiger charge is -2.43. The number of aryl methyl sites for hydroxylation is 2. The third-order valence-electron chi connectivity index (χ3n) is 4.60. The van der Waals surface area contributed by atoms with E-state index < -0.39 is 0 Å². The minimum Gasteiger partial charge on any atom is -0.456 e. The van der Waals surface area contributed by atoms with Crippen molar-refractivity contribution in [2.24, 2.45) is 0 Å². The molecule has 114 valence electrons. The molecule has 0 aromatic carbocycles. The van der Waals surface area contributed by atoms with Gasteiger partial charge in [-0.05, 0) is 31.4 Å². The van der Waals surface area contributed by atoms with Gasteiger partial charge >= 0.3 is 0 Å². The Hall–Kier alpha value is -1.78. The van der Waals surface area contributed by atoms with Crippen LogP contribution in [0.3, 0.4) is 0 Å². The van der Waals surface area contributed by atoms with Gasteiger partial charge < -0.3 is 14.6 Å². The van der Waals surface area contributed by atoms with E-state index in [4.69, 9.17) is 4.42 Å². The molecule has 1 aromatic heterocycles. The SMILES string of the molecule is CCc1oc(C(=O)N2CC(=O)NC3CCCCC32)cc1C. The van der Waals surface area contributed by atoms with Crippen molar-refractivity contribution in [3.63, 3.8) is 0 Å². The highest BCUT2D eigenvalue weighted by Gasteiger charge is 2.39. The molecular weight excluding hydrogens is 268 g/mol. The molecule has 0 spiro atoms. The van der Waals surface area contributed by atoms with Gasteiger partial charge in [-0.3, -0.25) is 9.59 Å². The molecule has 0 bridgehead atoms. The second kappa shape index (κ2) is 5.54.